The van der Waals surface area contributed by atoms with Crippen LogP contribution in [0.1, 0.15) is 63.4 Å². The number of nitrogens with zero attached hydrogens (tertiary/aromatic N) is 2. The highest BCUT2D eigenvalue weighted by atomic mass is 16.5. The molecule has 0 unspecified atom stereocenters. The minimum Gasteiger partial charge on any atom is -0.493 e. The van der Waals surface area contributed by atoms with Gasteiger partial charge in [0.25, 0.3) is 0 Å². The van der Waals surface area contributed by atoms with Crippen LogP contribution in [0.5, 0.6) is 11.5 Å². The van der Waals surface area contributed by atoms with E-state index < -0.39 is 0 Å². The maximum atomic E-state index is 5.60. The zero-order chi connectivity index (χ0) is 21.7. The number of likely N-dealkylation sites (tertiary alicyclic amines) is 1. The number of aliphatic imine (C=N–C) groups is 1. The lowest BCUT2D eigenvalue weighted by atomic mass is 9.69. The van der Waals surface area contributed by atoms with E-state index >= 15 is 0 Å². The zero-order valence-corrected chi connectivity index (χ0v) is 19.6. The fourth-order valence-electron chi connectivity index (χ4n) is 5.45. The Labute approximate surface area is 187 Å². The Bertz CT molecular complexity index is 748. The van der Waals surface area contributed by atoms with E-state index in [1.54, 1.807) is 14.2 Å². The van der Waals surface area contributed by atoms with Crippen LogP contribution in [0.25, 0.3) is 0 Å². The van der Waals surface area contributed by atoms with Gasteiger partial charge in [-0.25, -0.2) is 0 Å². The third-order valence-electron chi connectivity index (χ3n) is 7.56. The normalized spacial score (nSPS) is 22.7. The maximum absolute atomic E-state index is 5.60. The van der Waals surface area contributed by atoms with Gasteiger partial charge in [-0.1, -0.05) is 25.3 Å². The summed E-state index contributed by atoms with van der Waals surface area (Å²) in [6.07, 6.45) is 11.4. The SMILES string of the molecule is CN=C(NCC1(c2ccc(OC)c(OC)c2)CCCCC1)NC1CCN(C2CC2)CC1. The number of rotatable bonds is 7. The van der Waals surface area contributed by atoms with Crippen LogP contribution in [0.4, 0.5) is 0 Å². The molecule has 6 heteroatoms. The van der Waals surface area contributed by atoms with Crippen molar-refractivity contribution in [3.8, 4) is 11.5 Å². The predicted molar refractivity (Wildman–Crippen MR) is 126 cm³/mol. The average molecular weight is 429 g/mol. The zero-order valence-electron chi connectivity index (χ0n) is 19.6. The highest BCUT2D eigenvalue weighted by molar-refractivity contribution is 5.80. The standard InChI is InChI=1S/C25H40N4O2/c1-26-24(28-20-11-15-29(16-12-20)21-8-9-21)27-18-25(13-5-4-6-14-25)19-7-10-22(30-2)23(17-19)31-3/h7,10,17,20-21H,4-6,8-9,11-16,18H2,1-3H3,(H2,26,27,28). The quantitative estimate of drug-likeness (QED) is 0.512. The molecule has 1 saturated heterocycles. The summed E-state index contributed by atoms with van der Waals surface area (Å²) in [7, 11) is 5.30. The summed E-state index contributed by atoms with van der Waals surface area (Å²) in [5.41, 5.74) is 1.44. The molecular weight excluding hydrogens is 388 g/mol. The lowest BCUT2D eigenvalue weighted by molar-refractivity contribution is 0.197. The van der Waals surface area contributed by atoms with Gasteiger partial charge in [0, 0.05) is 44.2 Å². The first kappa shape index (κ1) is 22.3. The third kappa shape index (κ3) is 5.28. The molecule has 0 radical (unpaired) electrons. The van der Waals surface area contributed by atoms with Crippen LogP contribution in [-0.4, -0.2) is 63.8 Å². The van der Waals surface area contributed by atoms with Crippen molar-refractivity contribution in [3.05, 3.63) is 23.8 Å². The molecule has 0 spiro atoms. The van der Waals surface area contributed by atoms with Crippen molar-refractivity contribution < 1.29 is 9.47 Å². The van der Waals surface area contributed by atoms with E-state index in [-0.39, 0.29) is 5.41 Å². The molecule has 1 aliphatic heterocycles. The Kier molecular flexibility index (Phi) is 7.26. The second-order valence-corrected chi connectivity index (χ2v) is 9.52. The van der Waals surface area contributed by atoms with Crippen LogP contribution in [0.15, 0.2) is 23.2 Å². The highest BCUT2D eigenvalue weighted by Gasteiger charge is 2.35. The number of hydrogen-bond donors (Lipinski definition) is 2. The van der Waals surface area contributed by atoms with E-state index in [9.17, 15) is 0 Å². The second kappa shape index (κ2) is 10.1. The summed E-state index contributed by atoms with van der Waals surface area (Å²) >= 11 is 0. The Morgan fingerprint density at radius 1 is 1.03 bits per heavy atom. The molecule has 0 amide bonds. The Hall–Kier alpha value is -1.95. The van der Waals surface area contributed by atoms with Gasteiger partial charge in [-0.3, -0.25) is 4.99 Å². The number of methoxy groups -OCH3 is 2. The van der Waals surface area contributed by atoms with Gasteiger partial charge in [0.05, 0.1) is 14.2 Å². The Balaban J connectivity index is 1.40. The van der Waals surface area contributed by atoms with Crippen molar-refractivity contribution in [1.82, 2.24) is 15.5 Å². The summed E-state index contributed by atoms with van der Waals surface area (Å²) in [6, 6.07) is 7.84. The molecule has 2 saturated carbocycles. The molecule has 1 heterocycles. The number of nitrogens with one attached hydrogen (secondary N) is 2. The van der Waals surface area contributed by atoms with Crippen LogP contribution in [0.2, 0.25) is 0 Å². The largest absolute Gasteiger partial charge is 0.493 e. The fourth-order valence-corrected chi connectivity index (χ4v) is 5.45. The summed E-state index contributed by atoms with van der Waals surface area (Å²) in [5, 5.41) is 7.39. The molecule has 1 aromatic carbocycles. The maximum Gasteiger partial charge on any atom is 0.191 e. The highest BCUT2D eigenvalue weighted by Crippen LogP contribution is 2.42. The molecule has 0 bridgehead atoms. The molecule has 3 aliphatic rings. The summed E-state index contributed by atoms with van der Waals surface area (Å²) < 4.78 is 11.1. The van der Waals surface area contributed by atoms with E-state index in [1.165, 1.54) is 76.4 Å². The van der Waals surface area contributed by atoms with E-state index in [4.69, 9.17) is 9.47 Å². The molecule has 2 aliphatic carbocycles. The first-order valence-corrected chi connectivity index (χ1v) is 12.1. The lowest BCUT2D eigenvalue weighted by Crippen LogP contribution is -2.51. The van der Waals surface area contributed by atoms with Crippen LogP contribution < -0.4 is 20.1 Å². The van der Waals surface area contributed by atoms with Crippen molar-refractivity contribution in [2.75, 3.05) is 40.9 Å². The minimum atomic E-state index is 0.102. The van der Waals surface area contributed by atoms with Gasteiger partial charge >= 0.3 is 0 Å². The van der Waals surface area contributed by atoms with Gasteiger partial charge in [0.15, 0.2) is 17.5 Å². The Morgan fingerprint density at radius 3 is 2.35 bits per heavy atom. The van der Waals surface area contributed by atoms with Gasteiger partial charge < -0.3 is 25.0 Å². The molecule has 4 rings (SSSR count). The lowest BCUT2D eigenvalue weighted by Gasteiger charge is -2.39. The summed E-state index contributed by atoms with van der Waals surface area (Å²) in [4.78, 5) is 7.22. The van der Waals surface area contributed by atoms with Crippen molar-refractivity contribution in [3.63, 3.8) is 0 Å². The fraction of sp³-hybridized carbons (Fsp3) is 0.720. The Morgan fingerprint density at radius 2 is 1.74 bits per heavy atom. The summed E-state index contributed by atoms with van der Waals surface area (Å²) in [6.45, 7) is 3.33. The van der Waals surface area contributed by atoms with E-state index in [0.29, 0.717) is 6.04 Å². The predicted octanol–water partition coefficient (Wildman–Crippen LogP) is 3.70. The van der Waals surface area contributed by atoms with Crippen LogP contribution in [0, 0.1) is 0 Å². The third-order valence-corrected chi connectivity index (χ3v) is 7.56. The topological polar surface area (TPSA) is 58.1 Å². The molecule has 2 N–H and O–H groups in total. The summed E-state index contributed by atoms with van der Waals surface area (Å²) in [5.74, 6) is 2.55. The number of guanidine groups is 1. The van der Waals surface area contributed by atoms with Gasteiger partial charge in [-0.05, 0) is 56.2 Å². The molecule has 0 aromatic heterocycles. The van der Waals surface area contributed by atoms with Crippen molar-refractivity contribution in [1.29, 1.82) is 0 Å². The van der Waals surface area contributed by atoms with Crippen molar-refractivity contribution in [2.45, 2.75) is 75.3 Å². The molecule has 6 nitrogen and oxygen atoms in total. The number of benzene rings is 1. The van der Waals surface area contributed by atoms with Gasteiger partial charge in [0.1, 0.15) is 0 Å². The van der Waals surface area contributed by atoms with Crippen LogP contribution in [-0.2, 0) is 5.41 Å². The molecule has 31 heavy (non-hydrogen) atoms. The smallest absolute Gasteiger partial charge is 0.191 e. The van der Waals surface area contributed by atoms with Crippen LogP contribution in [0.3, 0.4) is 0 Å². The molecular formula is C25H40N4O2. The second-order valence-electron chi connectivity index (χ2n) is 9.52. The number of piperidine rings is 1. The van der Waals surface area contributed by atoms with Gasteiger partial charge in [-0.15, -0.1) is 0 Å². The molecule has 172 valence electrons. The molecule has 1 aromatic rings. The molecule has 3 fully saturated rings. The first-order valence-electron chi connectivity index (χ1n) is 12.1. The molecule has 0 atom stereocenters. The van der Waals surface area contributed by atoms with Gasteiger partial charge in [0.2, 0.25) is 0 Å². The van der Waals surface area contributed by atoms with Crippen LogP contribution >= 0.6 is 0 Å². The number of ether oxygens (including phenoxy) is 2. The van der Waals surface area contributed by atoms with Crippen molar-refractivity contribution in [2.24, 2.45) is 4.99 Å². The monoisotopic (exact) mass is 428 g/mol. The van der Waals surface area contributed by atoms with Crippen molar-refractivity contribution >= 4 is 5.96 Å². The minimum absolute atomic E-state index is 0.102. The number of hydrogen-bond acceptors (Lipinski definition) is 4. The van der Waals surface area contributed by atoms with E-state index in [2.05, 4.69) is 32.7 Å². The first-order chi connectivity index (χ1) is 15.2. The van der Waals surface area contributed by atoms with Gasteiger partial charge in [-0.2, -0.15) is 0 Å². The van der Waals surface area contributed by atoms with E-state index in [0.717, 1.165) is 30.0 Å². The average Bonchev–Trinajstić information content (AvgIpc) is 3.68. The van der Waals surface area contributed by atoms with E-state index in [1.807, 2.05) is 13.1 Å².